The maximum absolute atomic E-state index is 11.2. The Morgan fingerprint density at radius 3 is 3.05 bits per heavy atom. The summed E-state index contributed by atoms with van der Waals surface area (Å²) < 4.78 is 8.04. The van der Waals surface area contributed by atoms with Crippen LogP contribution in [0, 0.1) is 17.8 Å². The number of carboxylic acid groups (broad SMARTS) is 1. The molecule has 110 valence electrons. The number of aromatic nitrogens is 4. The van der Waals surface area contributed by atoms with Crippen molar-refractivity contribution in [3.63, 3.8) is 0 Å². The molecule has 0 amide bonds. The number of nitrogens with zero attached hydrogens (tertiary/aromatic N) is 3. The number of nitrogens with one attached hydrogen (secondary N) is 2. The Labute approximate surface area is 118 Å². The molecule has 1 saturated carbocycles. The van der Waals surface area contributed by atoms with Gasteiger partial charge in [-0.2, -0.15) is 5.21 Å². The van der Waals surface area contributed by atoms with Gasteiger partial charge in [0, 0.05) is 6.42 Å². The average molecular weight is 280 g/mol. The van der Waals surface area contributed by atoms with Crippen LogP contribution in [0.5, 0.6) is 0 Å². The summed E-state index contributed by atoms with van der Waals surface area (Å²) in [4.78, 5) is 11.2. The number of hydrogen-bond donors (Lipinski definition) is 3. The van der Waals surface area contributed by atoms with Crippen molar-refractivity contribution in [1.29, 1.82) is 0 Å². The van der Waals surface area contributed by atoms with Crippen LogP contribution in [0.1, 0.15) is 39.3 Å². The lowest BCUT2D eigenvalue weighted by Crippen LogP contribution is -2.49. The standard InChI is InChI=1S/C13H21N5O2/c19-13(20)11-6-10-5-8(1-3-9(10)7-14-11)2-4-12-15-17-18-16-12/h8-11,14H,1-7H2,(H,19,20)(H,15,16,17,18)/t8-,9+,10-,11+/m1/s1/i11D. The van der Waals surface area contributed by atoms with E-state index in [-0.39, 0.29) is 0 Å². The number of fused-ring (bicyclic) bond motifs is 1. The van der Waals surface area contributed by atoms with Gasteiger partial charge < -0.3 is 10.4 Å². The van der Waals surface area contributed by atoms with Crippen LogP contribution in [-0.2, 0) is 11.2 Å². The highest BCUT2D eigenvalue weighted by atomic mass is 16.4. The highest BCUT2D eigenvalue weighted by Gasteiger charge is 2.37. The molecule has 20 heavy (non-hydrogen) atoms. The van der Waals surface area contributed by atoms with Crippen molar-refractivity contribution in [2.45, 2.75) is 44.5 Å². The molecule has 0 spiro atoms. The maximum Gasteiger partial charge on any atom is 0.320 e. The van der Waals surface area contributed by atoms with Crippen LogP contribution in [0.3, 0.4) is 0 Å². The van der Waals surface area contributed by atoms with Crippen molar-refractivity contribution in [2.75, 3.05) is 6.54 Å². The van der Waals surface area contributed by atoms with E-state index in [1.165, 1.54) is 6.42 Å². The first-order valence-electron chi connectivity index (χ1n) is 7.77. The maximum atomic E-state index is 11.2. The number of H-pyrrole nitrogens is 1. The van der Waals surface area contributed by atoms with Gasteiger partial charge >= 0.3 is 5.97 Å². The molecule has 2 heterocycles. The normalized spacial score (nSPS) is 38.0. The Morgan fingerprint density at radius 1 is 1.40 bits per heavy atom. The summed E-state index contributed by atoms with van der Waals surface area (Å²) in [5, 5.41) is 26.0. The predicted molar refractivity (Wildman–Crippen MR) is 70.9 cm³/mol. The van der Waals surface area contributed by atoms with Gasteiger partial charge in [0.05, 0.1) is 1.37 Å². The first-order valence-corrected chi connectivity index (χ1v) is 7.27. The molecule has 7 heteroatoms. The smallest absolute Gasteiger partial charge is 0.320 e. The Bertz CT molecular complexity index is 497. The number of carboxylic acids is 1. The first-order chi connectivity index (χ1) is 10.1. The quantitative estimate of drug-likeness (QED) is 0.746. The summed E-state index contributed by atoms with van der Waals surface area (Å²) in [6, 6.07) is -1.50. The summed E-state index contributed by atoms with van der Waals surface area (Å²) in [6.45, 7) is 0.651. The summed E-state index contributed by atoms with van der Waals surface area (Å²) in [5.74, 6) is 1.10. The summed E-state index contributed by atoms with van der Waals surface area (Å²) >= 11 is 0. The first kappa shape index (κ1) is 12.3. The molecule has 0 unspecified atom stereocenters. The third kappa shape index (κ3) is 2.98. The van der Waals surface area contributed by atoms with E-state index in [4.69, 9.17) is 1.37 Å². The van der Waals surface area contributed by atoms with E-state index >= 15 is 0 Å². The van der Waals surface area contributed by atoms with E-state index in [1.54, 1.807) is 0 Å². The number of hydrogen-bond acceptors (Lipinski definition) is 5. The van der Waals surface area contributed by atoms with Crippen LogP contribution in [-0.4, -0.2) is 44.3 Å². The molecule has 1 saturated heterocycles. The number of rotatable bonds is 4. The molecule has 1 aliphatic carbocycles. The summed E-state index contributed by atoms with van der Waals surface area (Å²) in [6.07, 6.45) is 5.52. The van der Waals surface area contributed by atoms with Crippen LogP contribution in [0.25, 0.3) is 0 Å². The van der Waals surface area contributed by atoms with Crippen molar-refractivity contribution < 1.29 is 11.3 Å². The molecule has 0 radical (unpaired) electrons. The fourth-order valence-electron chi connectivity index (χ4n) is 3.58. The minimum atomic E-state index is -1.50. The molecule has 2 aliphatic rings. The molecule has 4 atom stereocenters. The van der Waals surface area contributed by atoms with E-state index < -0.39 is 12.0 Å². The second-order valence-corrected chi connectivity index (χ2v) is 5.93. The van der Waals surface area contributed by atoms with Crippen LogP contribution < -0.4 is 5.32 Å². The summed E-state index contributed by atoms with van der Waals surface area (Å²) in [7, 11) is 0. The van der Waals surface area contributed by atoms with E-state index in [0.717, 1.165) is 31.5 Å². The number of piperidine rings is 1. The lowest BCUT2D eigenvalue weighted by molar-refractivity contribution is -0.141. The van der Waals surface area contributed by atoms with E-state index in [2.05, 4.69) is 25.9 Å². The number of aliphatic carboxylic acids is 1. The highest BCUT2D eigenvalue weighted by molar-refractivity contribution is 5.73. The Kier molecular flexibility index (Phi) is 3.59. The third-order valence-corrected chi connectivity index (χ3v) is 4.72. The minimum Gasteiger partial charge on any atom is -0.480 e. The van der Waals surface area contributed by atoms with Gasteiger partial charge in [0.15, 0.2) is 5.82 Å². The molecule has 7 nitrogen and oxygen atoms in total. The molecule has 3 rings (SSSR count). The van der Waals surface area contributed by atoms with Crippen molar-refractivity contribution in [3.8, 4) is 0 Å². The van der Waals surface area contributed by atoms with Crippen molar-refractivity contribution in [3.05, 3.63) is 5.82 Å². The molecular weight excluding hydrogens is 258 g/mol. The Balaban J connectivity index is 1.56. The van der Waals surface area contributed by atoms with Crippen LogP contribution in [0.15, 0.2) is 0 Å². The topological polar surface area (TPSA) is 104 Å². The zero-order chi connectivity index (χ0) is 14.9. The lowest BCUT2D eigenvalue weighted by Gasteiger charge is -2.41. The van der Waals surface area contributed by atoms with Crippen LogP contribution >= 0.6 is 0 Å². The SMILES string of the molecule is [2H][C@@]1(C(=O)O)C[C@H]2C[C@@H](CCc3nn[nH]n3)CC[C@H]2CN1. The van der Waals surface area contributed by atoms with E-state index in [9.17, 15) is 9.90 Å². The van der Waals surface area contributed by atoms with Crippen LogP contribution in [0.4, 0.5) is 0 Å². The van der Waals surface area contributed by atoms with Crippen molar-refractivity contribution >= 4 is 5.97 Å². The Hall–Kier alpha value is -1.50. The zero-order valence-electron chi connectivity index (χ0n) is 12.4. The van der Waals surface area contributed by atoms with Gasteiger partial charge in [0.1, 0.15) is 6.02 Å². The molecule has 0 aromatic carbocycles. The predicted octanol–water partition coefficient (Wildman–Crippen LogP) is 0.611. The molecule has 3 N–H and O–H groups in total. The van der Waals surface area contributed by atoms with Gasteiger partial charge in [-0.3, -0.25) is 4.79 Å². The molecule has 0 bridgehead atoms. The van der Waals surface area contributed by atoms with E-state index in [0.29, 0.717) is 30.7 Å². The number of carbonyl (C=O) groups is 1. The molecule has 1 aliphatic heterocycles. The van der Waals surface area contributed by atoms with Crippen molar-refractivity contribution in [1.82, 2.24) is 25.9 Å². The van der Waals surface area contributed by atoms with Gasteiger partial charge in [0.25, 0.3) is 0 Å². The van der Waals surface area contributed by atoms with Gasteiger partial charge in [-0.1, -0.05) is 11.6 Å². The highest BCUT2D eigenvalue weighted by Crippen LogP contribution is 2.40. The number of tetrazole rings is 1. The zero-order valence-corrected chi connectivity index (χ0v) is 11.4. The lowest BCUT2D eigenvalue weighted by atomic mass is 9.69. The van der Waals surface area contributed by atoms with Crippen molar-refractivity contribution in [2.24, 2.45) is 17.8 Å². The molecule has 1 aromatic rings. The van der Waals surface area contributed by atoms with Gasteiger partial charge in [-0.25, -0.2) is 0 Å². The largest absolute Gasteiger partial charge is 0.480 e. The van der Waals surface area contributed by atoms with Gasteiger partial charge in [-0.15, -0.1) is 10.2 Å². The average Bonchev–Trinajstić information content (AvgIpc) is 2.98. The fraction of sp³-hybridized carbons (Fsp3) is 0.846. The number of aryl methyl sites for hydroxylation is 1. The second-order valence-electron chi connectivity index (χ2n) is 5.93. The Morgan fingerprint density at radius 2 is 2.30 bits per heavy atom. The molecular formula is C13H21N5O2. The van der Waals surface area contributed by atoms with Crippen LogP contribution in [0.2, 0.25) is 0 Å². The molecule has 2 fully saturated rings. The second kappa shape index (κ2) is 5.87. The van der Waals surface area contributed by atoms with E-state index in [1.807, 2.05) is 0 Å². The monoisotopic (exact) mass is 280 g/mol. The number of aromatic amines is 1. The minimum absolute atomic E-state index is 0.337. The fourth-order valence-corrected chi connectivity index (χ4v) is 3.58. The summed E-state index contributed by atoms with van der Waals surface area (Å²) in [5.41, 5.74) is 0. The molecule has 1 aromatic heterocycles. The third-order valence-electron chi connectivity index (χ3n) is 4.72. The van der Waals surface area contributed by atoms with Gasteiger partial charge in [0.2, 0.25) is 0 Å². The van der Waals surface area contributed by atoms with Gasteiger partial charge in [-0.05, 0) is 50.0 Å².